The van der Waals surface area contributed by atoms with Crippen LogP contribution in [0.3, 0.4) is 0 Å². The second kappa shape index (κ2) is 6.77. The van der Waals surface area contributed by atoms with Crippen molar-refractivity contribution in [1.82, 2.24) is 9.55 Å². The number of hydrogen-bond acceptors (Lipinski definition) is 5. The number of benzene rings is 2. The van der Waals surface area contributed by atoms with E-state index >= 15 is 0 Å². The van der Waals surface area contributed by atoms with Crippen molar-refractivity contribution in [3.63, 3.8) is 0 Å². The first-order valence-electron chi connectivity index (χ1n) is 8.67. The minimum absolute atomic E-state index is 0.0461. The van der Waals surface area contributed by atoms with E-state index in [-0.39, 0.29) is 11.6 Å². The van der Waals surface area contributed by atoms with E-state index in [2.05, 4.69) is 15.2 Å². The third-order valence-electron chi connectivity index (χ3n) is 4.67. The fraction of sp³-hybridized carbons (Fsp3) is 0.143. The molecule has 4 rings (SSSR count). The maximum Gasteiger partial charge on any atom is 0.296 e. The van der Waals surface area contributed by atoms with E-state index in [1.54, 1.807) is 43.0 Å². The number of fused-ring (bicyclic) bond motifs is 2. The van der Waals surface area contributed by atoms with E-state index in [1.807, 2.05) is 31.2 Å². The Morgan fingerprint density at radius 2 is 1.93 bits per heavy atom. The highest BCUT2D eigenvalue weighted by molar-refractivity contribution is 6.07. The quantitative estimate of drug-likeness (QED) is 0.528. The Kier molecular flexibility index (Phi) is 4.27. The van der Waals surface area contributed by atoms with Gasteiger partial charge in [-0.25, -0.2) is 0 Å². The summed E-state index contributed by atoms with van der Waals surface area (Å²) in [6, 6.07) is 14.4. The van der Waals surface area contributed by atoms with Crippen molar-refractivity contribution < 1.29 is 14.6 Å². The van der Waals surface area contributed by atoms with Crippen LogP contribution in [-0.4, -0.2) is 27.7 Å². The Hall–Kier alpha value is -3.74. The SMILES string of the molecule is COc1ccc2nc(C)cc(C(=O)N=Nc3c(O)n(C)c4ccccc34)c2c1. The number of para-hydroxylation sites is 1. The van der Waals surface area contributed by atoms with Crippen molar-refractivity contribution in [2.75, 3.05) is 7.11 Å². The molecule has 1 N–H and O–H groups in total. The molecule has 0 radical (unpaired) electrons. The third-order valence-corrected chi connectivity index (χ3v) is 4.67. The number of azo groups is 1. The zero-order valence-corrected chi connectivity index (χ0v) is 15.7. The Bertz CT molecular complexity index is 1260. The number of rotatable bonds is 3. The summed E-state index contributed by atoms with van der Waals surface area (Å²) in [4.78, 5) is 17.3. The third kappa shape index (κ3) is 2.87. The van der Waals surface area contributed by atoms with Crippen molar-refractivity contribution in [3.05, 3.63) is 59.8 Å². The highest BCUT2D eigenvalue weighted by atomic mass is 16.5. The minimum atomic E-state index is -0.518. The molecule has 2 heterocycles. The lowest BCUT2D eigenvalue weighted by atomic mass is 10.1. The molecule has 0 spiro atoms. The average Bonchev–Trinajstić information content (AvgIpc) is 2.95. The molecule has 0 bridgehead atoms. The van der Waals surface area contributed by atoms with Crippen molar-refractivity contribution in [3.8, 4) is 11.6 Å². The number of ether oxygens (including phenoxy) is 1. The molecule has 2 aromatic carbocycles. The maximum absolute atomic E-state index is 12.8. The zero-order valence-electron chi connectivity index (χ0n) is 15.7. The number of carbonyl (C=O) groups is 1. The molecule has 7 nitrogen and oxygen atoms in total. The van der Waals surface area contributed by atoms with Gasteiger partial charge in [-0.3, -0.25) is 9.78 Å². The van der Waals surface area contributed by atoms with E-state index < -0.39 is 5.91 Å². The number of aryl methyl sites for hydroxylation is 2. The Balaban J connectivity index is 1.80. The van der Waals surface area contributed by atoms with E-state index in [0.717, 1.165) is 10.9 Å². The van der Waals surface area contributed by atoms with Gasteiger partial charge in [0.25, 0.3) is 5.91 Å². The standard InChI is InChI=1S/C21H18N4O3/c1-12-10-16(15-11-13(28-3)8-9-17(15)22-12)20(26)24-23-19-14-6-4-5-7-18(14)25(2)21(19)27/h4-11,27H,1-3H3. The van der Waals surface area contributed by atoms with Crippen molar-refractivity contribution in [2.45, 2.75) is 6.92 Å². The summed E-state index contributed by atoms with van der Waals surface area (Å²) >= 11 is 0. The molecule has 140 valence electrons. The van der Waals surface area contributed by atoms with E-state index in [1.165, 1.54) is 0 Å². The number of amides is 1. The summed E-state index contributed by atoms with van der Waals surface area (Å²) in [5.41, 5.74) is 2.82. The van der Waals surface area contributed by atoms with E-state index in [0.29, 0.717) is 27.9 Å². The molecular formula is C21H18N4O3. The molecule has 0 aliphatic heterocycles. The minimum Gasteiger partial charge on any atom is -0.497 e. The molecule has 0 fully saturated rings. The molecule has 0 aliphatic rings. The van der Waals surface area contributed by atoms with Gasteiger partial charge in [0.15, 0.2) is 5.69 Å². The predicted octanol–water partition coefficient (Wildman–Crippen LogP) is 4.67. The molecule has 2 aromatic heterocycles. The fourth-order valence-electron chi connectivity index (χ4n) is 3.25. The van der Waals surface area contributed by atoms with Gasteiger partial charge in [-0.2, -0.15) is 0 Å². The summed E-state index contributed by atoms with van der Waals surface area (Å²) in [5, 5.41) is 19.7. The van der Waals surface area contributed by atoms with Crippen LogP contribution in [0.25, 0.3) is 21.8 Å². The van der Waals surface area contributed by atoms with Crippen LogP contribution >= 0.6 is 0 Å². The smallest absolute Gasteiger partial charge is 0.296 e. The van der Waals surface area contributed by atoms with Crippen LogP contribution in [-0.2, 0) is 7.05 Å². The van der Waals surface area contributed by atoms with Crippen molar-refractivity contribution >= 4 is 33.4 Å². The van der Waals surface area contributed by atoms with Crippen LogP contribution in [0.5, 0.6) is 11.6 Å². The number of aromatic hydroxyl groups is 1. The lowest BCUT2D eigenvalue weighted by Gasteiger charge is -2.06. The van der Waals surface area contributed by atoms with Gasteiger partial charge in [-0.1, -0.05) is 18.2 Å². The predicted molar refractivity (Wildman–Crippen MR) is 106 cm³/mol. The van der Waals surface area contributed by atoms with Gasteiger partial charge in [0.2, 0.25) is 5.88 Å². The molecule has 0 saturated carbocycles. The van der Waals surface area contributed by atoms with E-state index in [4.69, 9.17) is 4.74 Å². The molecule has 0 unspecified atom stereocenters. The monoisotopic (exact) mass is 374 g/mol. The van der Waals surface area contributed by atoms with Crippen LogP contribution in [0.1, 0.15) is 16.1 Å². The van der Waals surface area contributed by atoms with E-state index in [9.17, 15) is 9.90 Å². The lowest BCUT2D eigenvalue weighted by Crippen LogP contribution is -1.99. The van der Waals surface area contributed by atoms with Crippen molar-refractivity contribution in [2.24, 2.45) is 17.3 Å². The number of aromatic nitrogens is 2. The first-order chi connectivity index (χ1) is 13.5. The Morgan fingerprint density at radius 1 is 1.14 bits per heavy atom. The molecule has 1 amide bonds. The fourth-order valence-corrected chi connectivity index (χ4v) is 3.25. The number of hydrogen-bond donors (Lipinski definition) is 1. The second-order valence-electron chi connectivity index (χ2n) is 6.45. The average molecular weight is 374 g/mol. The normalized spacial score (nSPS) is 11.5. The van der Waals surface area contributed by atoms with Crippen LogP contribution in [0.15, 0.2) is 58.8 Å². The van der Waals surface area contributed by atoms with Gasteiger partial charge in [-0.05, 0) is 37.3 Å². The molecule has 7 heteroatoms. The number of pyridine rings is 1. The topological polar surface area (TPSA) is 89.1 Å². The van der Waals surface area contributed by atoms with Gasteiger partial charge in [0, 0.05) is 23.5 Å². The molecule has 28 heavy (non-hydrogen) atoms. The molecule has 0 aliphatic carbocycles. The second-order valence-corrected chi connectivity index (χ2v) is 6.45. The summed E-state index contributed by atoms with van der Waals surface area (Å²) in [5.74, 6) is 0.0575. The Labute approximate surface area is 160 Å². The van der Waals surface area contributed by atoms with Gasteiger partial charge >= 0.3 is 0 Å². The van der Waals surface area contributed by atoms with Crippen LogP contribution < -0.4 is 4.74 Å². The summed E-state index contributed by atoms with van der Waals surface area (Å²) in [6.45, 7) is 1.81. The number of nitrogens with zero attached hydrogens (tertiary/aromatic N) is 4. The summed E-state index contributed by atoms with van der Waals surface area (Å²) in [6.07, 6.45) is 0. The lowest BCUT2D eigenvalue weighted by molar-refractivity contribution is 0.0996. The Morgan fingerprint density at radius 3 is 2.71 bits per heavy atom. The molecule has 4 aromatic rings. The van der Waals surface area contributed by atoms with Gasteiger partial charge < -0.3 is 14.4 Å². The number of methoxy groups -OCH3 is 1. The van der Waals surface area contributed by atoms with Gasteiger partial charge in [-0.15, -0.1) is 10.2 Å². The van der Waals surface area contributed by atoms with Gasteiger partial charge in [0.05, 0.1) is 23.7 Å². The van der Waals surface area contributed by atoms with Crippen LogP contribution in [0.4, 0.5) is 5.69 Å². The van der Waals surface area contributed by atoms with Crippen molar-refractivity contribution in [1.29, 1.82) is 0 Å². The summed E-state index contributed by atoms with van der Waals surface area (Å²) < 4.78 is 6.86. The summed E-state index contributed by atoms with van der Waals surface area (Å²) in [7, 11) is 3.29. The van der Waals surface area contributed by atoms with Crippen LogP contribution in [0.2, 0.25) is 0 Å². The zero-order chi connectivity index (χ0) is 19.8. The first kappa shape index (κ1) is 17.7. The molecule has 0 atom stereocenters. The molecule has 0 saturated heterocycles. The first-order valence-corrected chi connectivity index (χ1v) is 8.67. The maximum atomic E-state index is 12.8. The largest absolute Gasteiger partial charge is 0.497 e. The highest BCUT2D eigenvalue weighted by Crippen LogP contribution is 2.38. The number of carbonyl (C=O) groups excluding carboxylic acids is 1. The van der Waals surface area contributed by atoms with Gasteiger partial charge in [0.1, 0.15) is 5.75 Å². The van der Waals surface area contributed by atoms with Crippen LogP contribution in [0, 0.1) is 6.92 Å². The highest BCUT2D eigenvalue weighted by Gasteiger charge is 2.16. The molecular weight excluding hydrogens is 356 g/mol.